The quantitative estimate of drug-likeness (QED) is 0.454. The normalized spacial score (nSPS) is 23.3. The third kappa shape index (κ3) is 6.14. The number of carbonyl (C=O) groups excluding carboxylic acids is 1. The van der Waals surface area contributed by atoms with E-state index in [9.17, 15) is 18.0 Å². The Balaban J connectivity index is 1.50. The first-order valence-corrected chi connectivity index (χ1v) is 10.5. The van der Waals surface area contributed by atoms with E-state index in [0.29, 0.717) is 24.2 Å². The van der Waals surface area contributed by atoms with Crippen LogP contribution in [-0.4, -0.2) is 24.3 Å². The number of allylic oxidation sites excluding steroid dienone is 1. The average Bonchev–Trinajstić information content (AvgIpc) is 3.52. The summed E-state index contributed by atoms with van der Waals surface area (Å²) >= 11 is 5.94. The topological polar surface area (TPSA) is 93.5 Å². The first kappa shape index (κ1) is 22.5. The van der Waals surface area contributed by atoms with Crippen LogP contribution < -0.4 is 16.8 Å². The minimum absolute atomic E-state index is 0.00229. The molecule has 0 unspecified atom stereocenters. The Bertz CT molecular complexity index is 841. The molecule has 2 saturated carbocycles. The summed E-state index contributed by atoms with van der Waals surface area (Å²) in [5.41, 5.74) is 11.6. The number of carbonyl (C=O) groups is 1. The van der Waals surface area contributed by atoms with Crippen molar-refractivity contribution in [2.24, 2.45) is 28.3 Å². The van der Waals surface area contributed by atoms with Crippen molar-refractivity contribution in [1.29, 1.82) is 0 Å². The van der Waals surface area contributed by atoms with Crippen molar-refractivity contribution >= 4 is 23.3 Å². The smallest absolute Gasteiger partial charge is 0.402 e. The van der Waals surface area contributed by atoms with Crippen molar-refractivity contribution in [3.8, 4) is 0 Å². The van der Waals surface area contributed by atoms with Gasteiger partial charge >= 0.3 is 6.18 Å². The molecule has 164 valence electrons. The van der Waals surface area contributed by atoms with E-state index < -0.39 is 17.6 Å². The third-order valence-electron chi connectivity index (χ3n) is 5.62. The lowest BCUT2D eigenvalue weighted by atomic mass is 9.86. The van der Waals surface area contributed by atoms with Gasteiger partial charge in [-0.1, -0.05) is 11.6 Å². The number of nitrogens with one attached hydrogen (secondary N) is 1. The van der Waals surface area contributed by atoms with Crippen LogP contribution in [0.4, 0.5) is 13.2 Å². The van der Waals surface area contributed by atoms with Gasteiger partial charge in [0.15, 0.2) is 0 Å². The highest BCUT2D eigenvalue weighted by Gasteiger charge is 2.32. The van der Waals surface area contributed by atoms with E-state index >= 15 is 0 Å². The van der Waals surface area contributed by atoms with Crippen LogP contribution in [-0.2, 0) is 6.18 Å². The largest absolute Gasteiger partial charge is 0.416 e. The van der Waals surface area contributed by atoms with Gasteiger partial charge in [-0.3, -0.25) is 9.79 Å². The molecule has 2 aliphatic carbocycles. The van der Waals surface area contributed by atoms with Gasteiger partial charge in [0.25, 0.3) is 5.91 Å². The maximum Gasteiger partial charge on any atom is 0.416 e. The zero-order valence-corrected chi connectivity index (χ0v) is 17.3. The van der Waals surface area contributed by atoms with Crippen molar-refractivity contribution in [3.05, 3.63) is 46.1 Å². The number of nitrogens with two attached hydrogens (primary N) is 2. The SMILES string of the molecule is NC(=CC(N)=NCC1CCC(NC(=O)c2cc(C(F)(F)F)ccc2Cl)CC1)C1CC1. The fourth-order valence-electron chi connectivity index (χ4n) is 3.61. The Morgan fingerprint density at radius 1 is 1.17 bits per heavy atom. The molecule has 3 rings (SSSR count). The Kier molecular flexibility index (Phi) is 6.95. The fraction of sp³-hybridized carbons (Fsp3) is 0.524. The first-order valence-electron chi connectivity index (χ1n) is 10.1. The first-order chi connectivity index (χ1) is 14.1. The minimum atomic E-state index is -4.53. The summed E-state index contributed by atoms with van der Waals surface area (Å²) in [6.07, 6.45) is 2.57. The molecular formula is C21H26ClF3N4O. The van der Waals surface area contributed by atoms with Gasteiger partial charge in [0.05, 0.1) is 16.1 Å². The second-order valence-electron chi connectivity index (χ2n) is 8.07. The molecule has 0 radical (unpaired) electrons. The highest BCUT2D eigenvalue weighted by Crippen LogP contribution is 2.34. The summed E-state index contributed by atoms with van der Waals surface area (Å²) in [7, 11) is 0. The lowest BCUT2D eigenvalue weighted by Crippen LogP contribution is -2.38. The maximum atomic E-state index is 12.9. The maximum absolute atomic E-state index is 12.9. The molecule has 5 N–H and O–H groups in total. The van der Waals surface area contributed by atoms with Gasteiger partial charge in [0, 0.05) is 18.3 Å². The van der Waals surface area contributed by atoms with E-state index in [2.05, 4.69) is 10.3 Å². The van der Waals surface area contributed by atoms with Crippen molar-refractivity contribution < 1.29 is 18.0 Å². The standard InChI is InChI=1S/C21H26ClF3N4O/c22-17-8-5-14(21(23,24)25)9-16(17)20(30)29-15-6-1-12(2-7-15)11-28-19(27)10-18(26)13-3-4-13/h5,8-10,12-13,15H,1-4,6-7,11,26H2,(H2,27,28)(H,29,30). The number of halogens is 4. The van der Waals surface area contributed by atoms with Crippen LogP contribution >= 0.6 is 11.6 Å². The van der Waals surface area contributed by atoms with Gasteiger partial charge in [0.2, 0.25) is 0 Å². The highest BCUT2D eigenvalue weighted by atomic mass is 35.5. The van der Waals surface area contributed by atoms with E-state index in [1.165, 1.54) is 0 Å². The van der Waals surface area contributed by atoms with Crippen LogP contribution in [0.1, 0.15) is 54.4 Å². The summed E-state index contributed by atoms with van der Waals surface area (Å²) < 4.78 is 38.7. The van der Waals surface area contributed by atoms with Crippen LogP contribution in [0.5, 0.6) is 0 Å². The van der Waals surface area contributed by atoms with Gasteiger partial charge in [-0.05, 0) is 74.6 Å². The molecule has 0 spiro atoms. The van der Waals surface area contributed by atoms with Gasteiger partial charge in [0.1, 0.15) is 5.84 Å². The van der Waals surface area contributed by atoms with Crippen molar-refractivity contribution in [3.63, 3.8) is 0 Å². The van der Waals surface area contributed by atoms with Crippen molar-refractivity contribution in [2.45, 2.75) is 50.7 Å². The molecule has 0 atom stereocenters. The third-order valence-corrected chi connectivity index (χ3v) is 5.95. The number of benzene rings is 1. The Hall–Kier alpha value is -2.22. The zero-order valence-electron chi connectivity index (χ0n) is 16.5. The van der Waals surface area contributed by atoms with Crippen LogP contribution in [0.15, 0.2) is 35.0 Å². The molecule has 1 aromatic carbocycles. The van der Waals surface area contributed by atoms with E-state index in [1.54, 1.807) is 6.08 Å². The molecule has 2 aliphatic rings. The van der Waals surface area contributed by atoms with Crippen LogP contribution in [0.3, 0.4) is 0 Å². The molecule has 5 nitrogen and oxygen atoms in total. The predicted molar refractivity (Wildman–Crippen MR) is 111 cm³/mol. The number of amides is 1. The molecule has 0 saturated heterocycles. The lowest BCUT2D eigenvalue weighted by Gasteiger charge is -2.28. The zero-order chi connectivity index (χ0) is 21.9. The second kappa shape index (κ2) is 9.29. The molecule has 0 bridgehead atoms. The van der Waals surface area contributed by atoms with Crippen molar-refractivity contribution in [2.75, 3.05) is 6.54 Å². The number of hydrogen-bond acceptors (Lipinski definition) is 3. The molecular weight excluding hydrogens is 417 g/mol. The fourth-order valence-corrected chi connectivity index (χ4v) is 3.82. The highest BCUT2D eigenvalue weighted by molar-refractivity contribution is 6.33. The molecule has 1 aromatic rings. The monoisotopic (exact) mass is 442 g/mol. The Morgan fingerprint density at radius 3 is 2.43 bits per heavy atom. The number of aliphatic imine (C=N–C) groups is 1. The summed E-state index contributed by atoms with van der Waals surface area (Å²) in [5.74, 6) is 0.652. The predicted octanol–water partition coefficient (Wildman–Crippen LogP) is 4.26. The minimum Gasteiger partial charge on any atom is -0.402 e. The number of rotatable bonds is 6. The lowest BCUT2D eigenvalue weighted by molar-refractivity contribution is -0.137. The summed E-state index contributed by atoms with van der Waals surface area (Å²) in [6.45, 7) is 0.598. The van der Waals surface area contributed by atoms with Gasteiger partial charge < -0.3 is 16.8 Å². The van der Waals surface area contributed by atoms with E-state index in [-0.39, 0.29) is 16.6 Å². The summed E-state index contributed by atoms with van der Waals surface area (Å²) in [4.78, 5) is 16.9. The molecule has 30 heavy (non-hydrogen) atoms. The van der Waals surface area contributed by atoms with E-state index in [1.807, 2.05) is 0 Å². The summed E-state index contributed by atoms with van der Waals surface area (Å²) in [6, 6.07) is 2.65. The van der Waals surface area contributed by atoms with E-state index in [0.717, 1.165) is 62.4 Å². The van der Waals surface area contributed by atoms with Crippen LogP contribution in [0, 0.1) is 11.8 Å². The second-order valence-corrected chi connectivity index (χ2v) is 8.47. The van der Waals surface area contributed by atoms with Gasteiger partial charge in [-0.15, -0.1) is 0 Å². The molecule has 0 aromatic heterocycles. The summed E-state index contributed by atoms with van der Waals surface area (Å²) in [5, 5.41) is 2.81. The molecule has 1 amide bonds. The van der Waals surface area contributed by atoms with Crippen molar-refractivity contribution in [1.82, 2.24) is 5.32 Å². The number of nitrogens with zero attached hydrogens (tertiary/aromatic N) is 1. The molecule has 9 heteroatoms. The average molecular weight is 443 g/mol. The molecule has 0 aliphatic heterocycles. The molecule has 0 heterocycles. The number of amidine groups is 1. The molecule has 2 fully saturated rings. The van der Waals surface area contributed by atoms with Crippen LogP contribution in [0.25, 0.3) is 0 Å². The van der Waals surface area contributed by atoms with Gasteiger partial charge in [-0.2, -0.15) is 13.2 Å². The number of hydrogen-bond donors (Lipinski definition) is 3. The Morgan fingerprint density at radius 2 is 1.83 bits per heavy atom. The Labute approximate surface area is 178 Å². The van der Waals surface area contributed by atoms with Gasteiger partial charge in [-0.25, -0.2) is 0 Å². The van der Waals surface area contributed by atoms with E-state index in [4.69, 9.17) is 23.1 Å². The van der Waals surface area contributed by atoms with Crippen LogP contribution in [0.2, 0.25) is 5.02 Å². The number of alkyl halides is 3.